The number of nitrogens with two attached hydrogens (primary N) is 2. The number of nitrogens with one attached hydrogen (secondary N) is 1. The Bertz CT molecular complexity index is 1110. The molecule has 2 aliphatic rings. The third kappa shape index (κ3) is 7.19. The molecule has 1 aromatic carbocycles. The SMILES string of the molecule is Cc1ccc(S(=O)(=O)N2CCC(C(=O)N3CCCC3C(=O)NC(CCCN=C(N)N)C(=O)O)CC2)cc1. The molecule has 0 aromatic heterocycles. The summed E-state index contributed by atoms with van der Waals surface area (Å²) in [5.74, 6) is -2.34. The molecule has 6 N–H and O–H groups in total. The lowest BCUT2D eigenvalue weighted by molar-refractivity contribution is -0.145. The number of aryl methyl sites for hydroxylation is 1. The number of guanidine groups is 1. The molecule has 2 unspecified atom stereocenters. The van der Waals surface area contributed by atoms with E-state index in [9.17, 15) is 27.9 Å². The molecule has 0 saturated carbocycles. The van der Waals surface area contributed by atoms with E-state index < -0.39 is 39.9 Å². The van der Waals surface area contributed by atoms with Gasteiger partial charge in [0.2, 0.25) is 21.8 Å². The van der Waals surface area contributed by atoms with Gasteiger partial charge in [-0.25, -0.2) is 13.2 Å². The number of carbonyl (C=O) groups is 3. The van der Waals surface area contributed by atoms with Gasteiger partial charge in [0.1, 0.15) is 12.1 Å². The summed E-state index contributed by atoms with van der Waals surface area (Å²) in [4.78, 5) is 43.4. The second kappa shape index (κ2) is 12.4. The highest BCUT2D eigenvalue weighted by atomic mass is 32.2. The van der Waals surface area contributed by atoms with Gasteiger partial charge in [0.15, 0.2) is 5.96 Å². The number of piperidine rings is 1. The van der Waals surface area contributed by atoms with Gasteiger partial charge in [-0.15, -0.1) is 0 Å². The zero-order valence-electron chi connectivity index (χ0n) is 21.0. The number of hydrogen-bond acceptors (Lipinski definition) is 6. The summed E-state index contributed by atoms with van der Waals surface area (Å²) < 4.78 is 27.3. The average Bonchev–Trinajstić information content (AvgIpc) is 3.35. The zero-order chi connectivity index (χ0) is 27.2. The molecule has 0 aliphatic carbocycles. The number of rotatable bonds is 10. The second-order valence-electron chi connectivity index (χ2n) is 9.53. The number of carbonyl (C=O) groups excluding carboxylic acids is 2. The highest BCUT2D eigenvalue weighted by Crippen LogP contribution is 2.28. The van der Waals surface area contributed by atoms with Crippen molar-refractivity contribution in [1.29, 1.82) is 0 Å². The molecule has 2 fully saturated rings. The van der Waals surface area contributed by atoms with Gasteiger partial charge in [0.05, 0.1) is 4.90 Å². The van der Waals surface area contributed by atoms with Crippen molar-refractivity contribution in [3.8, 4) is 0 Å². The highest BCUT2D eigenvalue weighted by Gasteiger charge is 2.40. The van der Waals surface area contributed by atoms with Gasteiger partial charge in [-0.2, -0.15) is 4.31 Å². The third-order valence-corrected chi connectivity index (χ3v) is 8.77. The maximum absolute atomic E-state index is 13.3. The Morgan fingerprint density at radius 2 is 1.76 bits per heavy atom. The largest absolute Gasteiger partial charge is 0.480 e. The van der Waals surface area contributed by atoms with E-state index >= 15 is 0 Å². The minimum Gasteiger partial charge on any atom is -0.480 e. The van der Waals surface area contributed by atoms with Gasteiger partial charge >= 0.3 is 5.97 Å². The lowest BCUT2D eigenvalue weighted by atomic mass is 9.96. The van der Waals surface area contributed by atoms with Gasteiger partial charge in [-0.05, 0) is 57.6 Å². The van der Waals surface area contributed by atoms with Crippen LogP contribution in [0.15, 0.2) is 34.2 Å². The van der Waals surface area contributed by atoms with Crippen LogP contribution in [0, 0.1) is 12.8 Å². The Morgan fingerprint density at radius 3 is 2.35 bits per heavy atom. The molecule has 0 bridgehead atoms. The molecule has 2 saturated heterocycles. The van der Waals surface area contributed by atoms with Gasteiger partial charge in [0, 0.05) is 32.1 Å². The van der Waals surface area contributed by atoms with Crippen molar-refractivity contribution in [1.82, 2.24) is 14.5 Å². The van der Waals surface area contributed by atoms with Crippen LogP contribution in [-0.4, -0.2) is 84.7 Å². The quantitative estimate of drug-likeness (QED) is 0.183. The first-order chi connectivity index (χ1) is 17.5. The molecule has 37 heavy (non-hydrogen) atoms. The number of aliphatic carboxylic acids is 1. The molecule has 2 aliphatic heterocycles. The van der Waals surface area contributed by atoms with Crippen LogP contribution in [0.5, 0.6) is 0 Å². The van der Waals surface area contributed by atoms with Crippen molar-refractivity contribution in [3.05, 3.63) is 29.8 Å². The van der Waals surface area contributed by atoms with Crippen LogP contribution in [0.25, 0.3) is 0 Å². The van der Waals surface area contributed by atoms with Gasteiger partial charge < -0.3 is 26.8 Å². The Morgan fingerprint density at radius 1 is 1.11 bits per heavy atom. The number of amides is 2. The first-order valence-corrected chi connectivity index (χ1v) is 13.9. The summed E-state index contributed by atoms with van der Waals surface area (Å²) in [5.41, 5.74) is 11.5. The predicted octanol–water partition coefficient (Wildman–Crippen LogP) is 0.00972. The average molecular weight is 537 g/mol. The lowest BCUT2D eigenvalue weighted by Gasteiger charge is -2.34. The molecule has 204 valence electrons. The maximum atomic E-state index is 13.3. The molecular weight excluding hydrogens is 500 g/mol. The van der Waals surface area contributed by atoms with Crippen LogP contribution in [0.3, 0.4) is 0 Å². The molecule has 3 rings (SSSR count). The topological polar surface area (TPSA) is 188 Å². The molecule has 0 radical (unpaired) electrons. The number of carboxylic acid groups (broad SMARTS) is 1. The van der Waals surface area contributed by atoms with Crippen molar-refractivity contribution in [3.63, 3.8) is 0 Å². The van der Waals surface area contributed by atoms with E-state index in [1.165, 1.54) is 9.21 Å². The summed E-state index contributed by atoms with van der Waals surface area (Å²) in [5, 5.41) is 12.1. The van der Waals surface area contributed by atoms with Gasteiger partial charge in [0.25, 0.3) is 0 Å². The van der Waals surface area contributed by atoms with Gasteiger partial charge in [-0.3, -0.25) is 14.6 Å². The summed E-state index contributed by atoms with van der Waals surface area (Å²) in [6.45, 7) is 2.97. The number of likely N-dealkylation sites (tertiary alicyclic amines) is 1. The molecule has 12 nitrogen and oxygen atoms in total. The fraction of sp³-hybridized carbons (Fsp3) is 0.583. The van der Waals surface area contributed by atoms with Crippen LogP contribution in [0.4, 0.5) is 0 Å². The van der Waals surface area contributed by atoms with Crippen LogP contribution in [0.1, 0.15) is 44.1 Å². The summed E-state index contributed by atoms with van der Waals surface area (Å²) in [6.07, 6.45) is 2.30. The van der Waals surface area contributed by atoms with E-state index in [1.54, 1.807) is 24.3 Å². The molecule has 0 spiro atoms. The number of aliphatic imine (C=N–C) groups is 1. The predicted molar refractivity (Wildman–Crippen MR) is 137 cm³/mol. The minimum atomic E-state index is -3.64. The molecule has 2 amide bonds. The highest BCUT2D eigenvalue weighted by molar-refractivity contribution is 7.89. The Kier molecular flexibility index (Phi) is 9.49. The van der Waals surface area contributed by atoms with Crippen molar-refractivity contribution in [2.45, 2.75) is 62.4 Å². The standard InChI is InChI=1S/C24H36N6O6S/c1-16-6-8-18(9-7-16)37(35,36)29-14-10-17(11-15-29)22(32)30-13-3-5-20(30)21(31)28-19(23(33)34)4-2-12-27-24(25)26/h6-9,17,19-20H,2-5,10-15H2,1H3,(H,28,31)(H,33,34)(H4,25,26,27). The van der Waals surface area contributed by atoms with Crippen molar-refractivity contribution in [2.75, 3.05) is 26.2 Å². The Balaban J connectivity index is 1.57. The fourth-order valence-corrected chi connectivity index (χ4v) is 6.24. The lowest BCUT2D eigenvalue weighted by Crippen LogP contribution is -2.52. The van der Waals surface area contributed by atoms with Crippen LogP contribution < -0.4 is 16.8 Å². The van der Waals surface area contributed by atoms with E-state index in [0.29, 0.717) is 38.6 Å². The van der Waals surface area contributed by atoms with Crippen LogP contribution in [0.2, 0.25) is 0 Å². The number of benzene rings is 1. The molecule has 2 atom stereocenters. The van der Waals surface area contributed by atoms with Crippen molar-refractivity contribution in [2.24, 2.45) is 22.4 Å². The van der Waals surface area contributed by atoms with Crippen molar-refractivity contribution >= 4 is 33.8 Å². The van der Waals surface area contributed by atoms with Crippen molar-refractivity contribution < 1.29 is 27.9 Å². The Hall–Kier alpha value is -3.19. The molecule has 1 aromatic rings. The van der Waals surface area contributed by atoms with Crippen LogP contribution in [-0.2, 0) is 24.4 Å². The first-order valence-electron chi connectivity index (χ1n) is 12.5. The summed E-state index contributed by atoms with van der Waals surface area (Å²) >= 11 is 0. The van der Waals surface area contributed by atoms with E-state index in [4.69, 9.17) is 11.5 Å². The van der Waals surface area contributed by atoms with E-state index in [2.05, 4.69) is 10.3 Å². The first kappa shape index (κ1) is 28.4. The fourth-order valence-electron chi connectivity index (χ4n) is 4.77. The zero-order valence-corrected chi connectivity index (χ0v) is 21.8. The summed E-state index contributed by atoms with van der Waals surface area (Å²) in [7, 11) is -3.64. The van der Waals surface area contributed by atoms with E-state index in [0.717, 1.165) is 5.56 Å². The summed E-state index contributed by atoms with van der Waals surface area (Å²) in [6, 6.07) is 4.80. The van der Waals surface area contributed by atoms with E-state index in [-0.39, 0.29) is 42.8 Å². The normalized spacial score (nSPS) is 19.8. The minimum absolute atomic E-state index is 0.0883. The molecule has 2 heterocycles. The number of carboxylic acids is 1. The smallest absolute Gasteiger partial charge is 0.326 e. The second-order valence-corrected chi connectivity index (χ2v) is 11.5. The third-order valence-electron chi connectivity index (χ3n) is 6.86. The molecule has 13 heteroatoms. The van der Waals surface area contributed by atoms with E-state index in [1.807, 2.05) is 6.92 Å². The number of sulfonamides is 1. The maximum Gasteiger partial charge on any atom is 0.326 e. The number of hydrogen-bond donors (Lipinski definition) is 4. The van der Waals surface area contributed by atoms with Crippen LogP contribution >= 0.6 is 0 Å². The number of nitrogens with zero attached hydrogens (tertiary/aromatic N) is 3. The monoisotopic (exact) mass is 536 g/mol. The Labute approximate surface area is 217 Å². The molecular formula is C24H36N6O6S. The van der Waals surface area contributed by atoms with Gasteiger partial charge in [-0.1, -0.05) is 17.7 Å².